The summed E-state index contributed by atoms with van der Waals surface area (Å²) in [4.78, 5) is 0. The molecule has 5 nitrogen and oxygen atoms in total. The van der Waals surface area contributed by atoms with E-state index in [2.05, 4.69) is 5.32 Å². The molecule has 0 aromatic heterocycles. The van der Waals surface area contributed by atoms with Crippen LogP contribution in [0.1, 0.15) is 38.8 Å². The highest BCUT2D eigenvalue weighted by atomic mass is 16.5. The fourth-order valence-electron chi connectivity index (χ4n) is 2.94. The van der Waals surface area contributed by atoms with Gasteiger partial charge in [0.2, 0.25) is 0 Å². The molecule has 0 bridgehead atoms. The molecule has 0 aliphatic heterocycles. The molecule has 0 amide bonds. The Labute approximate surface area is 131 Å². The summed E-state index contributed by atoms with van der Waals surface area (Å²) < 4.78 is 5.79. The van der Waals surface area contributed by atoms with Crippen LogP contribution in [0.3, 0.4) is 0 Å². The molecule has 0 unspecified atom stereocenters. The largest absolute Gasteiger partial charge is 0.489 e. The number of hydrogen-bond donors (Lipinski definition) is 4. The summed E-state index contributed by atoms with van der Waals surface area (Å²) in [5, 5.41) is 33.1. The third-order valence-corrected chi connectivity index (χ3v) is 3.67. The average Bonchev–Trinajstić information content (AvgIpc) is 2.35. The Hall–Kier alpha value is -1.14. The average molecular weight is 309 g/mol. The highest BCUT2D eigenvalue weighted by Crippen LogP contribution is 2.30. The third-order valence-electron chi connectivity index (χ3n) is 3.67. The third kappa shape index (κ3) is 4.43. The number of nitrogens with one attached hydrogen (secondary N) is 1. The molecule has 0 heterocycles. The van der Waals surface area contributed by atoms with Crippen molar-refractivity contribution in [1.82, 2.24) is 5.32 Å². The fourth-order valence-corrected chi connectivity index (χ4v) is 2.94. The smallest absolute Gasteiger partial charge is 0.147 e. The molecule has 0 saturated heterocycles. The molecule has 0 spiro atoms. The molecule has 1 aliphatic carbocycles. The summed E-state index contributed by atoms with van der Waals surface area (Å²) in [5.74, 6) is 0.652. The van der Waals surface area contributed by atoms with Crippen LogP contribution in [0.25, 0.3) is 0 Å². The molecule has 4 N–H and O–H groups in total. The highest BCUT2D eigenvalue weighted by Gasteiger charge is 2.30. The normalized spacial score (nSPS) is 24.5. The lowest BCUT2D eigenvalue weighted by Crippen LogP contribution is -2.55. The number of ether oxygens (including phenoxy) is 1. The van der Waals surface area contributed by atoms with Crippen molar-refractivity contribution < 1.29 is 20.1 Å². The zero-order chi connectivity index (χ0) is 16.5. The quantitative estimate of drug-likeness (QED) is 0.624. The second-order valence-corrected chi connectivity index (χ2v) is 7.37. The summed E-state index contributed by atoms with van der Waals surface area (Å²) in [6.45, 7) is 7.70. The van der Waals surface area contributed by atoms with Gasteiger partial charge in [0.1, 0.15) is 18.1 Å². The van der Waals surface area contributed by atoms with E-state index in [1.54, 1.807) is 6.92 Å². The molecular weight excluding hydrogens is 282 g/mol. The van der Waals surface area contributed by atoms with Gasteiger partial charge in [-0.2, -0.15) is 0 Å². The lowest BCUT2D eigenvalue weighted by atomic mass is 9.87. The topological polar surface area (TPSA) is 82.0 Å². The van der Waals surface area contributed by atoms with Crippen LogP contribution >= 0.6 is 0 Å². The Morgan fingerprint density at radius 1 is 1.14 bits per heavy atom. The van der Waals surface area contributed by atoms with Gasteiger partial charge in [-0.15, -0.1) is 0 Å². The molecule has 0 radical (unpaired) electrons. The Bertz CT molecular complexity index is 522. The van der Waals surface area contributed by atoms with E-state index in [0.29, 0.717) is 18.6 Å². The minimum absolute atomic E-state index is 0.0966. The number of aliphatic hydroxyl groups excluding tert-OH is 2. The zero-order valence-corrected chi connectivity index (χ0v) is 13.8. The number of hydrogen-bond acceptors (Lipinski definition) is 5. The molecule has 124 valence electrons. The Morgan fingerprint density at radius 2 is 1.77 bits per heavy atom. The monoisotopic (exact) mass is 309 g/mol. The summed E-state index contributed by atoms with van der Waals surface area (Å²) in [6.07, 6.45) is -0.717. The van der Waals surface area contributed by atoms with Gasteiger partial charge in [0.25, 0.3) is 0 Å². The van der Waals surface area contributed by atoms with Crippen molar-refractivity contribution in [2.45, 2.75) is 64.0 Å². The minimum atomic E-state index is -1.16. The first-order valence-corrected chi connectivity index (χ1v) is 7.69. The summed E-state index contributed by atoms with van der Waals surface area (Å²) in [7, 11) is 0. The number of aliphatic hydroxyl groups is 3. The van der Waals surface area contributed by atoms with Gasteiger partial charge >= 0.3 is 0 Å². The maximum absolute atomic E-state index is 10.4. The van der Waals surface area contributed by atoms with Crippen LogP contribution in [0.5, 0.6) is 5.75 Å². The van der Waals surface area contributed by atoms with Crippen LogP contribution < -0.4 is 10.1 Å². The summed E-state index contributed by atoms with van der Waals surface area (Å²) in [6, 6.07) is 5.63. The van der Waals surface area contributed by atoms with E-state index in [1.165, 1.54) is 0 Å². The Morgan fingerprint density at radius 3 is 2.41 bits per heavy atom. The standard InChI is InChI=1S/C17H27NO4/c1-16(2,3)18-17(4,21)10-22-15-7-5-6-11-8-13(19)14(20)9-12(11)15/h5-7,13-14,18-21H,8-10H2,1-4H3/t13-,14+,17+/m1/s1. The van der Waals surface area contributed by atoms with Gasteiger partial charge in [-0.1, -0.05) is 12.1 Å². The molecule has 3 atom stereocenters. The highest BCUT2D eigenvalue weighted by molar-refractivity contribution is 5.43. The van der Waals surface area contributed by atoms with Crippen molar-refractivity contribution >= 4 is 0 Å². The lowest BCUT2D eigenvalue weighted by molar-refractivity contribution is -0.0373. The first-order chi connectivity index (χ1) is 10.1. The van der Waals surface area contributed by atoms with E-state index < -0.39 is 17.9 Å². The van der Waals surface area contributed by atoms with E-state index in [4.69, 9.17) is 4.74 Å². The van der Waals surface area contributed by atoms with Gasteiger partial charge in [-0.05, 0) is 39.3 Å². The van der Waals surface area contributed by atoms with Crippen LogP contribution in [0.2, 0.25) is 0 Å². The summed E-state index contributed by atoms with van der Waals surface area (Å²) in [5.41, 5.74) is 0.502. The molecule has 0 saturated carbocycles. The predicted octanol–water partition coefficient (Wildman–Crippen LogP) is 0.982. The zero-order valence-electron chi connectivity index (χ0n) is 13.8. The van der Waals surface area contributed by atoms with Crippen LogP contribution in [-0.2, 0) is 12.8 Å². The molecule has 0 fully saturated rings. The summed E-state index contributed by atoms with van der Waals surface area (Å²) >= 11 is 0. The first-order valence-electron chi connectivity index (χ1n) is 7.69. The number of rotatable bonds is 4. The van der Waals surface area contributed by atoms with Gasteiger partial charge in [0.05, 0.1) is 12.2 Å². The van der Waals surface area contributed by atoms with Crippen molar-refractivity contribution in [3.05, 3.63) is 29.3 Å². The molecule has 22 heavy (non-hydrogen) atoms. The van der Waals surface area contributed by atoms with Gasteiger partial charge in [0, 0.05) is 23.9 Å². The predicted molar refractivity (Wildman–Crippen MR) is 84.9 cm³/mol. The van der Waals surface area contributed by atoms with Crippen LogP contribution in [0.4, 0.5) is 0 Å². The van der Waals surface area contributed by atoms with Crippen LogP contribution in [0, 0.1) is 0 Å². The van der Waals surface area contributed by atoms with Gasteiger partial charge < -0.3 is 20.1 Å². The fraction of sp³-hybridized carbons (Fsp3) is 0.647. The Kier molecular flexibility index (Phi) is 4.82. The second-order valence-electron chi connectivity index (χ2n) is 7.37. The van der Waals surface area contributed by atoms with Crippen molar-refractivity contribution in [1.29, 1.82) is 0 Å². The molecule has 1 aliphatic rings. The Balaban J connectivity index is 2.10. The SMILES string of the molecule is CC(C)(C)N[C@@](C)(O)COc1cccc2c1C[C@H](O)[C@H](O)C2. The van der Waals surface area contributed by atoms with Crippen LogP contribution in [0.15, 0.2) is 18.2 Å². The van der Waals surface area contributed by atoms with Crippen LogP contribution in [-0.4, -0.2) is 45.4 Å². The van der Waals surface area contributed by atoms with Crippen molar-refractivity contribution in [2.24, 2.45) is 0 Å². The van der Waals surface area contributed by atoms with E-state index in [0.717, 1.165) is 11.1 Å². The molecule has 2 rings (SSSR count). The number of fused-ring (bicyclic) bond motifs is 1. The van der Waals surface area contributed by atoms with Gasteiger partial charge in [-0.3, -0.25) is 5.32 Å². The maximum Gasteiger partial charge on any atom is 0.147 e. The van der Waals surface area contributed by atoms with Gasteiger partial charge in [0.15, 0.2) is 0 Å². The van der Waals surface area contributed by atoms with E-state index in [1.807, 2.05) is 39.0 Å². The second kappa shape index (κ2) is 6.16. The van der Waals surface area contributed by atoms with E-state index in [9.17, 15) is 15.3 Å². The lowest BCUT2D eigenvalue weighted by Gasteiger charge is -2.34. The molecular formula is C17H27NO4. The van der Waals surface area contributed by atoms with Crippen molar-refractivity contribution in [2.75, 3.05) is 6.61 Å². The van der Waals surface area contributed by atoms with E-state index in [-0.39, 0.29) is 12.1 Å². The molecule has 1 aromatic rings. The van der Waals surface area contributed by atoms with Gasteiger partial charge in [-0.25, -0.2) is 0 Å². The number of benzene rings is 1. The van der Waals surface area contributed by atoms with Crippen molar-refractivity contribution in [3.8, 4) is 5.75 Å². The molecule has 1 aromatic carbocycles. The first kappa shape index (κ1) is 17.2. The minimum Gasteiger partial charge on any atom is -0.489 e. The maximum atomic E-state index is 10.4. The van der Waals surface area contributed by atoms with E-state index >= 15 is 0 Å². The molecule has 5 heteroatoms. The van der Waals surface area contributed by atoms with Crippen molar-refractivity contribution in [3.63, 3.8) is 0 Å².